The molecule has 1 unspecified atom stereocenters. The first-order valence-electron chi connectivity index (χ1n) is 26.2. The summed E-state index contributed by atoms with van der Waals surface area (Å²) in [5.74, 6) is -3.33. The van der Waals surface area contributed by atoms with Gasteiger partial charge < -0.3 is 68.3 Å². The molecule has 4 fully saturated rings. The number of likely N-dealkylation sites (N-methyl/N-ethyl adjacent to an activating group) is 2. The van der Waals surface area contributed by atoms with E-state index in [1.54, 1.807) is 65.4 Å². The van der Waals surface area contributed by atoms with Crippen LogP contribution in [-0.4, -0.2) is 206 Å². The summed E-state index contributed by atoms with van der Waals surface area (Å²) in [7, 11) is 5.18. The summed E-state index contributed by atoms with van der Waals surface area (Å²) in [6.45, 7) is 19.0. The van der Waals surface area contributed by atoms with Crippen LogP contribution in [0.25, 0.3) is 0 Å². The highest BCUT2D eigenvalue weighted by molar-refractivity contribution is 5.89. The fourth-order valence-corrected chi connectivity index (χ4v) is 11.4. The maximum Gasteiger partial charge on any atom is 0.414 e. The van der Waals surface area contributed by atoms with Gasteiger partial charge >= 0.3 is 12.1 Å². The minimum atomic E-state index is -1.85. The molecule has 1 aromatic carbocycles. The van der Waals surface area contributed by atoms with E-state index in [-0.39, 0.29) is 51.5 Å². The van der Waals surface area contributed by atoms with Gasteiger partial charge in [-0.3, -0.25) is 14.6 Å². The molecule has 19 atom stereocenters. The number of anilines is 1. The van der Waals surface area contributed by atoms with Crippen molar-refractivity contribution in [2.45, 2.75) is 204 Å². The van der Waals surface area contributed by atoms with Crippen LogP contribution >= 0.6 is 0 Å². The van der Waals surface area contributed by atoms with Crippen molar-refractivity contribution in [1.29, 1.82) is 0 Å². The van der Waals surface area contributed by atoms with Gasteiger partial charge in [0.15, 0.2) is 12.6 Å². The molecule has 0 bridgehead atoms. The Hall–Kier alpha value is -3.49. The number of benzene rings is 1. The van der Waals surface area contributed by atoms with Gasteiger partial charge in [-0.2, -0.15) is 0 Å². The number of methoxy groups -OCH3 is 1. The van der Waals surface area contributed by atoms with Crippen molar-refractivity contribution in [3.05, 3.63) is 42.0 Å². The van der Waals surface area contributed by atoms with E-state index in [0.717, 1.165) is 0 Å². The molecule has 74 heavy (non-hydrogen) atoms. The molecule has 22 heteroatoms. The molecule has 5 N–H and O–H groups in total. The fourth-order valence-electron chi connectivity index (χ4n) is 11.4. The van der Waals surface area contributed by atoms with Gasteiger partial charge in [-0.25, -0.2) is 13.9 Å². The SMILES string of the molecule is CC[C@H]1OC(=O)[C@H](C)[C@@H](O[C@H]2C[C@@](C)(OC)[C@@H](O)[C@H](C)O2)[C@H](C)[C@@H](OC2O[C@H](C)C[C@H](N(C)CCOCc3cn(C[C@H]4CN(c5cccc(F)c5)C(=O)O4)nn3)[C@H]2O)[C@](C)(O)C[C@@H](C)CN(C)[C@H](C)[C@@H](O)[C@]1(C)O. The molecule has 0 saturated carbocycles. The van der Waals surface area contributed by atoms with E-state index in [4.69, 9.17) is 37.9 Å². The maximum absolute atomic E-state index is 14.5. The minimum absolute atomic E-state index is 0.0832. The number of esters is 1. The zero-order valence-corrected chi connectivity index (χ0v) is 45.6. The number of hydrogen-bond acceptors (Lipinski definition) is 19. The number of cyclic esters (lactones) is 2. The summed E-state index contributed by atoms with van der Waals surface area (Å²) in [4.78, 5) is 32.3. The van der Waals surface area contributed by atoms with Gasteiger partial charge in [-0.1, -0.05) is 32.1 Å². The number of nitrogens with zero attached hydrogens (tertiary/aromatic N) is 6. The third kappa shape index (κ3) is 14.0. The van der Waals surface area contributed by atoms with Crippen LogP contribution in [0.5, 0.6) is 0 Å². The topological polar surface area (TPSA) is 250 Å². The Morgan fingerprint density at radius 2 is 1.68 bits per heavy atom. The monoisotopic (exact) mass is 1050 g/mol. The lowest BCUT2D eigenvalue weighted by Crippen LogP contribution is -2.61. The smallest absolute Gasteiger partial charge is 0.414 e. The lowest BCUT2D eigenvalue weighted by molar-refractivity contribution is -0.318. The molecule has 21 nitrogen and oxygen atoms in total. The van der Waals surface area contributed by atoms with Gasteiger partial charge in [0.25, 0.3) is 0 Å². The van der Waals surface area contributed by atoms with E-state index in [2.05, 4.69) is 10.3 Å². The Bertz CT molecular complexity index is 2140. The lowest BCUT2D eigenvalue weighted by Gasteiger charge is -2.49. The first-order valence-corrected chi connectivity index (χ1v) is 26.2. The number of amides is 1. The third-order valence-corrected chi connectivity index (χ3v) is 15.9. The maximum atomic E-state index is 14.5. The molecule has 4 aliphatic heterocycles. The van der Waals surface area contributed by atoms with Crippen LogP contribution in [0.3, 0.4) is 0 Å². The van der Waals surface area contributed by atoms with Crippen molar-refractivity contribution in [3.63, 3.8) is 0 Å². The fraction of sp³-hybridized carbons (Fsp3) is 0.808. The molecule has 0 spiro atoms. The lowest BCUT2D eigenvalue weighted by atomic mass is 9.77. The van der Waals surface area contributed by atoms with Crippen LogP contribution in [0.2, 0.25) is 0 Å². The van der Waals surface area contributed by atoms with E-state index in [1.165, 1.54) is 37.1 Å². The molecule has 0 aliphatic carbocycles. The first-order chi connectivity index (χ1) is 34.7. The van der Waals surface area contributed by atoms with Gasteiger partial charge in [0.2, 0.25) is 0 Å². The number of carbonyl (C=O) groups excluding carboxylic acids is 2. The Labute approximate surface area is 435 Å². The van der Waals surface area contributed by atoms with Gasteiger partial charge in [-0.15, -0.1) is 5.10 Å². The molecule has 1 aromatic heterocycles. The van der Waals surface area contributed by atoms with Crippen LogP contribution in [-0.2, 0) is 55.8 Å². The highest BCUT2D eigenvalue weighted by Crippen LogP contribution is 2.40. The molecule has 4 aliphatic rings. The number of rotatable bonds is 15. The zero-order chi connectivity index (χ0) is 54.6. The van der Waals surface area contributed by atoms with E-state index >= 15 is 0 Å². The van der Waals surface area contributed by atoms with Crippen molar-refractivity contribution in [3.8, 4) is 0 Å². The summed E-state index contributed by atoms with van der Waals surface area (Å²) in [5.41, 5.74) is -3.63. The third-order valence-electron chi connectivity index (χ3n) is 15.9. The van der Waals surface area contributed by atoms with E-state index in [1.807, 2.05) is 37.7 Å². The zero-order valence-electron chi connectivity index (χ0n) is 45.6. The van der Waals surface area contributed by atoms with Gasteiger partial charge in [0.1, 0.15) is 47.6 Å². The minimum Gasteiger partial charge on any atom is -0.459 e. The number of hydrogen-bond donors (Lipinski definition) is 5. The molecule has 4 saturated heterocycles. The second kappa shape index (κ2) is 24.9. The van der Waals surface area contributed by atoms with Gasteiger partial charge in [0, 0.05) is 44.6 Å². The first kappa shape index (κ1) is 59.7. The Morgan fingerprint density at radius 1 is 0.959 bits per heavy atom. The number of aliphatic hydroxyl groups is 5. The van der Waals surface area contributed by atoms with E-state index < -0.39 is 126 Å². The molecule has 420 valence electrons. The molecular formula is C52H85FN6O15. The molecule has 1 amide bonds. The standard InChI is InChI=1S/C52H85FN6O15/c1-14-40-52(10,66)44(61)33(6)57(12)24-29(2)22-50(8,65)46(31(4)43(32(5)47(63)72-40)73-41-23-51(9,67-13)45(62)34(7)70-41)74-48-42(60)39(20-30(3)69-48)56(11)18-19-68-28-36-25-58(55-54-36)26-38-27-59(49(64)71-38)37-17-15-16-35(53)21-37/h15-17,21,25,29-34,38-46,48,60-62,65-66H,14,18-20,22-24,26-28H2,1-13H3/t29-,30-,31+,32-,33-,34+,38+,39+,40-,41+,42-,43+,44-,45+,46-,48?,50-,51-,52-/m1/s1. The number of halogens is 1. The highest BCUT2D eigenvalue weighted by Gasteiger charge is 2.53. The largest absolute Gasteiger partial charge is 0.459 e. The average molecular weight is 1050 g/mol. The molecular weight excluding hydrogens is 968 g/mol. The van der Waals surface area contributed by atoms with Gasteiger partial charge in [0.05, 0.1) is 79.7 Å². The van der Waals surface area contributed by atoms with Crippen LogP contribution < -0.4 is 4.90 Å². The Kier molecular flexibility index (Phi) is 20.1. The van der Waals surface area contributed by atoms with E-state index in [9.17, 15) is 39.5 Å². The van der Waals surface area contributed by atoms with Crippen molar-refractivity contribution >= 4 is 17.7 Å². The van der Waals surface area contributed by atoms with Crippen LogP contribution in [0.1, 0.15) is 101 Å². The summed E-state index contributed by atoms with van der Waals surface area (Å²) < 4.78 is 65.1. The predicted octanol–water partition coefficient (Wildman–Crippen LogP) is 3.24. The second-order valence-electron chi connectivity index (χ2n) is 22.3. The molecule has 0 radical (unpaired) electrons. The van der Waals surface area contributed by atoms with Crippen LogP contribution in [0.4, 0.5) is 14.9 Å². The van der Waals surface area contributed by atoms with Gasteiger partial charge in [-0.05, 0) is 106 Å². The van der Waals surface area contributed by atoms with Crippen molar-refractivity contribution in [2.24, 2.45) is 17.8 Å². The van der Waals surface area contributed by atoms with Crippen LogP contribution in [0.15, 0.2) is 30.5 Å². The summed E-state index contributed by atoms with van der Waals surface area (Å²) in [6, 6.07) is 4.68. The predicted molar refractivity (Wildman–Crippen MR) is 267 cm³/mol. The average Bonchev–Trinajstić information content (AvgIpc) is 3.95. The Morgan fingerprint density at radius 3 is 2.35 bits per heavy atom. The number of aromatic nitrogens is 3. The second-order valence-corrected chi connectivity index (χ2v) is 22.3. The summed E-state index contributed by atoms with van der Waals surface area (Å²) in [6.07, 6.45) is -8.82. The van der Waals surface area contributed by atoms with Crippen molar-refractivity contribution < 1.29 is 77.4 Å². The normalized spacial score (nSPS) is 40.4. The molecule has 6 rings (SSSR count). The van der Waals surface area contributed by atoms with Crippen molar-refractivity contribution in [2.75, 3.05) is 52.3 Å². The molecule has 5 heterocycles. The number of carbonyl (C=O) groups is 2. The number of ether oxygens (including phenoxy) is 8. The summed E-state index contributed by atoms with van der Waals surface area (Å²) >= 11 is 0. The van der Waals surface area contributed by atoms with Crippen LogP contribution in [0, 0.1) is 23.6 Å². The Balaban J connectivity index is 1.18. The van der Waals surface area contributed by atoms with E-state index in [0.29, 0.717) is 30.9 Å². The molecule has 2 aromatic rings. The quantitative estimate of drug-likeness (QED) is 0.127. The van der Waals surface area contributed by atoms with Crippen molar-refractivity contribution in [1.82, 2.24) is 24.8 Å². The number of aliphatic hydroxyl groups excluding tert-OH is 3. The highest BCUT2D eigenvalue weighted by atomic mass is 19.1. The summed E-state index contributed by atoms with van der Waals surface area (Å²) in [5, 5.41) is 68.0.